The minimum atomic E-state index is -1.29. The van der Waals surface area contributed by atoms with Crippen molar-refractivity contribution in [3.8, 4) is 6.07 Å². The summed E-state index contributed by atoms with van der Waals surface area (Å²) in [7, 11) is 0. The van der Waals surface area contributed by atoms with E-state index in [9.17, 15) is 14.9 Å². The maximum Gasteiger partial charge on any atom is 0.308 e. The Hall–Kier alpha value is -1.77. The molecule has 136 valence electrons. The van der Waals surface area contributed by atoms with Gasteiger partial charge in [0.25, 0.3) is 0 Å². The molecule has 1 rings (SSSR count). The third-order valence-corrected chi connectivity index (χ3v) is 4.76. The van der Waals surface area contributed by atoms with E-state index in [-0.39, 0.29) is 35.9 Å². The molecule has 0 fully saturated rings. The summed E-state index contributed by atoms with van der Waals surface area (Å²) < 4.78 is 5.08. The molecule has 5 nitrogen and oxygen atoms in total. The Bertz CT molecular complexity index is 651. The number of hydrogen-bond donors (Lipinski definition) is 1. The van der Waals surface area contributed by atoms with Gasteiger partial charge in [0.1, 0.15) is 0 Å². The molecule has 0 spiro atoms. The number of carboxylic acids is 1. The molecule has 0 aliphatic heterocycles. The van der Waals surface area contributed by atoms with E-state index in [0.29, 0.717) is 12.0 Å². The van der Waals surface area contributed by atoms with Crippen LogP contribution < -0.4 is 0 Å². The monoisotopic (exact) mass is 385 g/mol. The Morgan fingerprint density at radius 3 is 2.36 bits per heavy atom. The average Bonchev–Trinajstić information content (AvgIpc) is 2.56. The second-order valence-electron chi connectivity index (χ2n) is 5.75. The van der Waals surface area contributed by atoms with Gasteiger partial charge in [0.05, 0.1) is 24.0 Å². The van der Waals surface area contributed by atoms with Gasteiger partial charge in [-0.3, -0.25) is 9.59 Å². The Labute approximate surface area is 157 Å². The first-order valence-electron chi connectivity index (χ1n) is 8.05. The van der Waals surface area contributed by atoms with Crippen molar-refractivity contribution in [3.05, 3.63) is 33.8 Å². The molecule has 0 aliphatic carbocycles. The maximum atomic E-state index is 12.2. The van der Waals surface area contributed by atoms with Crippen LogP contribution in [-0.2, 0) is 19.7 Å². The zero-order chi connectivity index (χ0) is 19.0. The lowest BCUT2D eigenvalue weighted by molar-refractivity contribution is -0.148. The van der Waals surface area contributed by atoms with Gasteiger partial charge >= 0.3 is 11.9 Å². The normalized spacial score (nSPS) is 14.2. The van der Waals surface area contributed by atoms with Gasteiger partial charge in [-0.25, -0.2) is 0 Å². The number of benzene rings is 1. The van der Waals surface area contributed by atoms with Crippen LogP contribution in [-0.4, -0.2) is 23.7 Å². The molecule has 0 heterocycles. The zero-order valence-corrected chi connectivity index (χ0v) is 15.7. The van der Waals surface area contributed by atoms with E-state index >= 15 is 0 Å². The van der Waals surface area contributed by atoms with Crippen LogP contribution in [0.25, 0.3) is 0 Å². The fourth-order valence-electron chi connectivity index (χ4n) is 2.84. The van der Waals surface area contributed by atoms with Gasteiger partial charge in [-0.1, -0.05) is 36.2 Å². The summed E-state index contributed by atoms with van der Waals surface area (Å²) in [5, 5.41) is 19.6. The highest BCUT2D eigenvalue weighted by Crippen LogP contribution is 2.43. The molecule has 0 saturated heterocycles. The summed E-state index contributed by atoms with van der Waals surface area (Å²) in [6, 6.07) is 7.04. The van der Waals surface area contributed by atoms with Crippen molar-refractivity contribution >= 4 is 35.1 Å². The summed E-state index contributed by atoms with van der Waals surface area (Å²) >= 11 is 12.6. The van der Waals surface area contributed by atoms with Crippen LogP contribution in [0.1, 0.15) is 45.1 Å². The second-order valence-corrected chi connectivity index (χ2v) is 6.56. The minimum Gasteiger partial charge on any atom is -0.481 e. The number of esters is 1. The average molecular weight is 386 g/mol. The largest absolute Gasteiger partial charge is 0.481 e. The third kappa shape index (κ3) is 5.35. The third-order valence-electron chi connectivity index (χ3n) is 4.13. The Balaban J connectivity index is 3.39. The van der Waals surface area contributed by atoms with Crippen molar-refractivity contribution in [2.24, 2.45) is 5.92 Å². The number of aliphatic carboxylic acids is 1. The molecule has 1 aromatic carbocycles. The van der Waals surface area contributed by atoms with Gasteiger partial charge < -0.3 is 9.84 Å². The molecule has 2 unspecified atom stereocenters. The molecular weight excluding hydrogens is 365 g/mol. The molecule has 0 aromatic heterocycles. The first-order valence-corrected chi connectivity index (χ1v) is 8.81. The standard InChI is InChI=1S/C18H21Cl2NO4/c1-3-12(17(24)25-4-2)10-18(11-21,9-8-15(22)23)16-13(19)6-5-7-14(16)20/h5-7,12H,3-4,8-10H2,1-2H3,(H,22,23). The van der Waals surface area contributed by atoms with Crippen LogP contribution in [0.5, 0.6) is 0 Å². The molecule has 0 amide bonds. The van der Waals surface area contributed by atoms with Crippen LogP contribution >= 0.6 is 23.2 Å². The summed E-state index contributed by atoms with van der Waals surface area (Å²) in [5.41, 5.74) is -0.925. The van der Waals surface area contributed by atoms with Gasteiger partial charge in [0.15, 0.2) is 0 Å². The molecule has 2 atom stereocenters. The number of carbonyl (C=O) groups is 2. The summed E-state index contributed by atoms with van der Waals surface area (Å²) in [5.74, 6) is -2.00. The Morgan fingerprint density at radius 1 is 1.32 bits per heavy atom. The first-order chi connectivity index (χ1) is 11.8. The highest BCUT2D eigenvalue weighted by Gasteiger charge is 2.40. The summed E-state index contributed by atoms with van der Waals surface area (Å²) in [6.07, 6.45) is 0.305. The van der Waals surface area contributed by atoms with E-state index in [1.165, 1.54) is 0 Å². The number of halogens is 2. The quantitative estimate of drug-likeness (QED) is 0.627. The minimum absolute atomic E-state index is 0.00179. The van der Waals surface area contributed by atoms with Gasteiger partial charge in [-0.2, -0.15) is 5.26 Å². The molecule has 0 aliphatic rings. The molecule has 0 saturated carbocycles. The predicted octanol–water partition coefficient (Wildman–Crippen LogP) is 4.60. The highest BCUT2D eigenvalue weighted by molar-refractivity contribution is 6.36. The van der Waals surface area contributed by atoms with Crippen LogP contribution in [0.2, 0.25) is 10.0 Å². The van der Waals surface area contributed by atoms with Crippen molar-refractivity contribution < 1.29 is 19.4 Å². The number of nitriles is 1. The topological polar surface area (TPSA) is 87.4 Å². The van der Waals surface area contributed by atoms with Crippen molar-refractivity contribution in [2.45, 2.75) is 44.9 Å². The first kappa shape index (κ1) is 21.3. The van der Waals surface area contributed by atoms with Crippen molar-refractivity contribution in [1.82, 2.24) is 0 Å². The Morgan fingerprint density at radius 2 is 1.92 bits per heavy atom. The van der Waals surface area contributed by atoms with Gasteiger partial charge in [0, 0.05) is 22.0 Å². The van der Waals surface area contributed by atoms with E-state index < -0.39 is 23.3 Å². The maximum absolute atomic E-state index is 12.2. The molecule has 0 radical (unpaired) electrons. The van der Waals surface area contributed by atoms with E-state index in [0.717, 1.165) is 0 Å². The van der Waals surface area contributed by atoms with E-state index in [1.54, 1.807) is 25.1 Å². The number of rotatable bonds is 9. The SMILES string of the molecule is CCOC(=O)C(CC)CC(C#N)(CCC(=O)O)c1c(Cl)cccc1Cl. The van der Waals surface area contributed by atoms with E-state index in [4.69, 9.17) is 33.0 Å². The molecule has 1 N–H and O–H groups in total. The molecule has 1 aromatic rings. The van der Waals surface area contributed by atoms with Crippen molar-refractivity contribution in [3.63, 3.8) is 0 Å². The highest BCUT2D eigenvalue weighted by atomic mass is 35.5. The van der Waals surface area contributed by atoms with Crippen LogP contribution in [0.15, 0.2) is 18.2 Å². The predicted molar refractivity (Wildman–Crippen MR) is 95.7 cm³/mol. The summed E-state index contributed by atoms with van der Waals surface area (Å²) in [4.78, 5) is 23.3. The molecule has 7 heteroatoms. The van der Waals surface area contributed by atoms with Crippen LogP contribution in [0.3, 0.4) is 0 Å². The van der Waals surface area contributed by atoms with Crippen molar-refractivity contribution in [1.29, 1.82) is 5.26 Å². The van der Waals surface area contributed by atoms with Gasteiger partial charge in [-0.15, -0.1) is 0 Å². The van der Waals surface area contributed by atoms with Crippen molar-refractivity contribution in [2.75, 3.05) is 6.61 Å². The lowest BCUT2D eigenvalue weighted by atomic mass is 9.71. The Kier molecular flexibility index (Phi) is 8.21. The molecule has 25 heavy (non-hydrogen) atoms. The smallest absolute Gasteiger partial charge is 0.308 e. The van der Waals surface area contributed by atoms with Gasteiger partial charge in [-0.05, 0) is 38.3 Å². The van der Waals surface area contributed by atoms with Gasteiger partial charge in [0.2, 0.25) is 0 Å². The number of ether oxygens (including phenoxy) is 1. The van der Waals surface area contributed by atoms with Crippen LogP contribution in [0, 0.1) is 17.2 Å². The number of nitrogens with zero attached hydrogens (tertiary/aromatic N) is 1. The fourth-order valence-corrected chi connectivity index (χ4v) is 3.60. The van der Waals surface area contributed by atoms with E-state index in [1.807, 2.05) is 6.92 Å². The lowest BCUT2D eigenvalue weighted by Crippen LogP contribution is -2.32. The lowest BCUT2D eigenvalue weighted by Gasteiger charge is -2.31. The number of hydrogen-bond acceptors (Lipinski definition) is 4. The second kappa shape index (κ2) is 9.65. The zero-order valence-electron chi connectivity index (χ0n) is 14.2. The number of carboxylic acid groups (broad SMARTS) is 1. The summed E-state index contributed by atoms with van der Waals surface area (Å²) in [6.45, 7) is 3.75. The van der Waals surface area contributed by atoms with E-state index in [2.05, 4.69) is 6.07 Å². The van der Waals surface area contributed by atoms with Crippen LogP contribution in [0.4, 0.5) is 0 Å². The fraction of sp³-hybridized carbons (Fsp3) is 0.500. The molecular formula is C18H21Cl2NO4. The molecule has 0 bridgehead atoms. The number of carbonyl (C=O) groups excluding carboxylic acids is 1.